The summed E-state index contributed by atoms with van der Waals surface area (Å²) < 4.78 is 5.59. The van der Waals surface area contributed by atoms with Crippen LogP contribution in [0.1, 0.15) is 42.4 Å². The smallest absolute Gasteiger partial charge is 0.252 e. The maximum Gasteiger partial charge on any atom is 0.252 e. The lowest BCUT2D eigenvalue weighted by molar-refractivity contribution is 0.0997. The SMILES string of the molecule is COc1c(C(N)=O)cccc1N(Cc1ncccc1Cl)c1ccc(C(C)(C)C)cc1. The van der Waals surface area contributed by atoms with Crippen molar-refractivity contribution in [3.8, 4) is 5.75 Å². The number of hydrogen-bond acceptors (Lipinski definition) is 4. The van der Waals surface area contributed by atoms with Crippen LogP contribution in [0.4, 0.5) is 11.4 Å². The van der Waals surface area contributed by atoms with Gasteiger partial charge < -0.3 is 15.4 Å². The topological polar surface area (TPSA) is 68.5 Å². The lowest BCUT2D eigenvalue weighted by Gasteiger charge is -2.28. The zero-order valence-corrected chi connectivity index (χ0v) is 18.4. The molecule has 0 saturated heterocycles. The molecule has 156 valence electrons. The van der Waals surface area contributed by atoms with Crippen LogP contribution in [0.5, 0.6) is 5.75 Å². The number of carbonyl (C=O) groups excluding carboxylic acids is 1. The largest absolute Gasteiger partial charge is 0.494 e. The van der Waals surface area contributed by atoms with Crippen LogP contribution in [-0.4, -0.2) is 18.0 Å². The minimum atomic E-state index is -0.549. The zero-order valence-electron chi connectivity index (χ0n) is 17.6. The van der Waals surface area contributed by atoms with E-state index in [2.05, 4.69) is 37.9 Å². The summed E-state index contributed by atoms with van der Waals surface area (Å²) >= 11 is 6.39. The van der Waals surface area contributed by atoms with E-state index in [1.54, 1.807) is 24.4 Å². The summed E-state index contributed by atoms with van der Waals surface area (Å²) in [6, 6.07) is 17.2. The summed E-state index contributed by atoms with van der Waals surface area (Å²) in [4.78, 5) is 18.4. The maximum atomic E-state index is 11.9. The molecule has 0 bridgehead atoms. The molecule has 6 heteroatoms. The Hall–Kier alpha value is -3.05. The number of benzene rings is 2. The third kappa shape index (κ3) is 4.57. The number of methoxy groups -OCH3 is 1. The molecule has 0 aliphatic heterocycles. The number of nitrogens with two attached hydrogens (primary N) is 1. The molecule has 2 aromatic carbocycles. The fourth-order valence-corrected chi connectivity index (χ4v) is 3.47. The Labute approximate surface area is 182 Å². The van der Waals surface area contributed by atoms with Gasteiger partial charge in [0.15, 0.2) is 5.75 Å². The molecule has 30 heavy (non-hydrogen) atoms. The molecule has 0 aliphatic carbocycles. The van der Waals surface area contributed by atoms with Crippen molar-refractivity contribution in [2.45, 2.75) is 32.7 Å². The number of pyridine rings is 1. The number of amides is 1. The van der Waals surface area contributed by atoms with Crippen molar-refractivity contribution in [2.24, 2.45) is 5.73 Å². The Balaban J connectivity index is 2.15. The van der Waals surface area contributed by atoms with Gasteiger partial charge in [0.05, 0.1) is 35.6 Å². The quantitative estimate of drug-likeness (QED) is 0.570. The van der Waals surface area contributed by atoms with Crippen LogP contribution in [0.2, 0.25) is 5.02 Å². The van der Waals surface area contributed by atoms with E-state index in [4.69, 9.17) is 22.1 Å². The second-order valence-electron chi connectivity index (χ2n) is 8.04. The van der Waals surface area contributed by atoms with Crippen molar-refractivity contribution < 1.29 is 9.53 Å². The second-order valence-corrected chi connectivity index (χ2v) is 8.44. The summed E-state index contributed by atoms with van der Waals surface area (Å²) in [5, 5.41) is 0.568. The zero-order chi connectivity index (χ0) is 21.9. The summed E-state index contributed by atoms with van der Waals surface area (Å²) in [5.41, 5.74) is 9.49. The van der Waals surface area contributed by atoms with Gasteiger partial charge in [-0.1, -0.05) is 50.6 Å². The van der Waals surface area contributed by atoms with Gasteiger partial charge in [-0.3, -0.25) is 9.78 Å². The van der Waals surface area contributed by atoms with E-state index < -0.39 is 5.91 Å². The van der Waals surface area contributed by atoms with Gasteiger partial charge in [-0.25, -0.2) is 0 Å². The summed E-state index contributed by atoms with van der Waals surface area (Å²) in [5.74, 6) is -0.135. The lowest BCUT2D eigenvalue weighted by Crippen LogP contribution is -2.21. The fourth-order valence-electron chi connectivity index (χ4n) is 3.29. The number of ether oxygens (including phenoxy) is 1. The van der Waals surface area contributed by atoms with E-state index in [0.29, 0.717) is 34.3 Å². The van der Waals surface area contributed by atoms with Crippen molar-refractivity contribution in [1.82, 2.24) is 4.98 Å². The van der Waals surface area contributed by atoms with Gasteiger partial charge in [0.25, 0.3) is 5.91 Å². The molecule has 1 amide bonds. The second kappa shape index (κ2) is 8.76. The van der Waals surface area contributed by atoms with Crippen LogP contribution in [0.3, 0.4) is 0 Å². The van der Waals surface area contributed by atoms with Gasteiger partial charge in [0, 0.05) is 11.9 Å². The molecule has 0 aliphatic rings. The normalized spacial score (nSPS) is 11.2. The Kier molecular flexibility index (Phi) is 6.32. The summed E-state index contributed by atoms with van der Waals surface area (Å²) in [6.07, 6.45) is 1.71. The number of anilines is 2. The summed E-state index contributed by atoms with van der Waals surface area (Å²) in [7, 11) is 1.53. The van der Waals surface area contributed by atoms with Crippen molar-refractivity contribution in [3.63, 3.8) is 0 Å². The molecule has 0 fully saturated rings. The van der Waals surface area contributed by atoms with E-state index in [1.165, 1.54) is 12.7 Å². The first kappa shape index (κ1) is 21.7. The van der Waals surface area contributed by atoms with Crippen LogP contribution in [-0.2, 0) is 12.0 Å². The average molecular weight is 424 g/mol. The van der Waals surface area contributed by atoms with E-state index in [1.807, 2.05) is 29.2 Å². The van der Waals surface area contributed by atoms with Gasteiger partial charge in [0.1, 0.15) is 0 Å². The number of aromatic nitrogens is 1. The Bertz CT molecular complexity index is 1040. The van der Waals surface area contributed by atoms with Crippen LogP contribution < -0.4 is 15.4 Å². The van der Waals surface area contributed by atoms with Gasteiger partial charge in [-0.05, 0) is 47.4 Å². The van der Waals surface area contributed by atoms with E-state index in [9.17, 15) is 4.79 Å². The highest BCUT2D eigenvalue weighted by Crippen LogP contribution is 2.38. The molecule has 1 aromatic heterocycles. The first-order valence-electron chi connectivity index (χ1n) is 9.66. The number of halogens is 1. The number of rotatable bonds is 6. The molecule has 2 N–H and O–H groups in total. The summed E-state index contributed by atoms with van der Waals surface area (Å²) in [6.45, 7) is 6.92. The van der Waals surface area contributed by atoms with E-state index >= 15 is 0 Å². The van der Waals surface area contributed by atoms with Crippen LogP contribution in [0.15, 0.2) is 60.8 Å². The minimum absolute atomic E-state index is 0.0389. The predicted octanol–water partition coefficient (Wildman–Crippen LogP) is 5.48. The third-order valence-corrected chi connectivity index (χ3v) is 5.29. The van der Waals surface area contributed by atoms with Crippen molar-refractivity contribution >= 4 is 28.9 Å². The molecule has 0 spiro atoms. The molecule has 0 radical (unpaired) electrons. The van der Waals surface area contributed by atoms with Crippen molar-refractivity contribution in [3.05, 3.63) is 82.6 Å². The monoisotopic (exact) mass is 423 g/mol. The van der Waals surface area contributed by atoms with Gasteiger partial charge >= 0.3 is 0 Å². The number of nitrogens with zero attached hydrogens (tertiary/aromatic N) is 2. The van der Waals surface area contributed by atoms with Gasteiger partial charge in [-0.15, -0.1) is 0 Å². The van der Waals surface area contributed by atoms with Crippen molar-refractivity contribution in [1.29, 1.82) is 0 Å². The van der Waals surface area contributed by atoms with Crippen LogP contribution >= 0.6 is 11.6 Å². The third-order valence-electron chi connectivity index (χ3n) is 4.94. The highest BCUT2D eigenvalue weighted by molar-refractivity contribution is 6.31. The maximum absolute atomic E-state index is 11.9. The first-order chi connectivity index (χ1) is 14.2. The Morgan fingerprint density at radius 1 is 1.10 bits per heavy atom. The minimum Gasteiger partial charge on any atom is -0.494 e. The molecular formula is C24H26ClN3O2. The van der Waals surface area contributed by atoms with E-state index in [0.717, 1.165) is 5.69 Å². The number of para-hydroxylation sites is 1. The van der Waals surface area contributed by atoms with Crippen molar-refractivity contribution in [2.75, 3.05) is 12.0 Å². The van der Waals surface area contributed by atoms with Crippen LogP contribution in [0.25, 0.3) is 0 Å². The predicted molar refractivity (Wildman–Crippen MR) is 122 cm³/mol. The fraction of sp³-hybridized carbons (Fsp3) is 0.250. The molecule has 3 aromatic rings. The number of carbonyl (C=O) groups is 1. The number of primary amides is 1. The Morgan fingerprint density at radius 2 is 1.80 bits per heavy atom. The average Bonchev–Trinajstić information content (AvgIpc) is 2.72. The molecule has 0 unspecified atom stereocenters. The first-order valence-corrected chi connectivity index (χ1v) is 10.0. The standard InChI is InChI=1S/C24H26ClN3O2/c1-24(2,3)16-10-12-17(13-11-16)28(15-20-19(25)8-6-14-27-20)21-9-5-7-18(23(26)29)22(21)30-4/h5-14H,15H2,1-4H3,(H2,26,29). The molecule has 5 nitrogen and oxygen atoms in total. The molecule has 1 heterocycles. The molecule has 0 atom stereocenters. The lowest BCUT2D eigenvalue weighted by atomic mass is 9.87. The molecular weight excluding hydrogens is 398 g/mol. The number of hydrogen-bond donors (Lipinski definition) is 1. The highest BCUT2D eigenvalue weighted by atomic mass is 35.5. The Morgan fingerprint density at radius 3 is 2.37 bits per heavy atom. The van der Waals surface area contributed by atoms with E-state index in [-0.39, 0.29) is 5.41 Å². The molecule has 0 saturated carbocycles. The van der Waals surface area contributed by atoms with Gasteiger partial charge in [-0.2, -0.15) is 0 Å². The molecule has 3 rings (SSSR count). The highest BCUT2D eigenvalue weighted by Gasteiger charge is 2.22. The van der Waals surface area contributed by atoms with Crippen LogP contribution in [0, 0.1) is 0 Å². The van der Waals surface area contributed by atoms with Gasteiger partial charge in [0.2, 0.25) is 0 Å².